The lowest BCUT2D eigenvalue weighted by Gasteiger charge is -2.34. The summed E-state index contributed by atoms with van der Waals surface area (Å²) in [7, 11) is 0. The Balaban J connectivity index is 1.16. The first-order valence-electron chi connectivity index (χ1n) is 20.4. The summed E-state index contributed by atoms with van der Waals surface area (Å²) in [6, 6.07) is 78.3. The predicted octanol–water partition coefficient (Wildman–Crippen LogP) is 13.5. The number of rotatable bonds is 6. The molecule has 0 fully saturated rings. The molecule has 0 N–H and O–H groups in total. The van der Waals surface area contributed by atoms with Gasteiger partial charge in [-0.05, 0) is 86.6 Å². The van der Waals surface area contributed by atoms with Gasteiger partial charge in [0, 0.05) is 33.2 Å². The third-order valence-corrected chi connectivity index (χ3v) is 12.3. The van der Waals surface area contributed by atoms with Crippen LogP contribution in [0.25, 0.3) is 83.6 Å². The summed E-state index contributed by atoms with van der Waals surface area (Å²) in [5, 5.41) is 4.79. The average molecular weight is 765 g/mol. The van der Waals surface area contributed by atoms with Gasteiger partial charge in [-0.15, -0.1) is 0 Å². The number of hydrogen-bond donors (Lipinski definition) is 0. The maximum absolute atomic E-state index is 5.13. The van der Waals surface area contributed by atoms with Gasteiger partial charge in [0.1, 0.15) is 0 Å². The van der Waals surface area contributed by atoms with E-state index in [0.717, 1.165) is 44.2 Å². The van der Waals surface area contributed by atoms with E-state index in [9.17, 15) is 0 Å². The fraction of sp³-hybridized carbons (Fsp3) is 0.0179. The van der Waals surface area contributed by atoms with Gasteiger partial charge in [0.15, 0.2) is 17.5 Å². The number of hydrogen-bond acceptors (Lipinski definition) is 3. The Hall–Kier alpha value is -7.95. The minimum atomic E-state index is -0.579. The molecule has 0 saturated heterocycles. The van der Waals surface area contributed by atoms with Crippen LogP contribution >= 0.6 is 0 Å². The first kappa shape index (κ1) is 34.1. The molecule has 2 heterocycles. The van der Waals surface area contributed by atoms with Crippen LogP contribution in [0.1, 0.15) is 22.3 Å². The Morgan fingerprint density at radius 1 is 0.350 bits per heavy atom. The number of para-hydroxylation sites is 1. The Bertz CT molecular complexity index is 3360. The van der Waals surface area contributed by atoms with E-state index in [1.807, 2.05) is 36.4 Å². The highest BCUT2D eigenvalue weighted by molar-refractivity contribution is 6.11. The van der Waals surface area contributed by atoms with Crippen LogP contribution in [0.2, 0.25) is 0 Å². The molecule has 12 rings (SSSR count). The summed E-state index contributed by atoms with van der Waals surface area (Å²) in [6.45, 7) is 0. The smallest absolute Gasteiger partial charge is 0.164 e. The molecule has 1 atom stereocenters. The van der Waals surface area contributed by atoms with E-state index in [-0.39, 0.29) is 0 Å². The van der Waals surface area contributed by atoms with Gasteiger partial charge in [0.05, 0.1) is 16.4 Å². The lowest BCUT2D eigenvalue weighted by molar-refractivity contribution is 0.777. The zero-order valence-electron chi connectivity index (χ0n) is 32.6. The number of nitrogens with zero attached hydrogens (tertiary/aromatic N) is 4. The third-order valence-electron chi connectivity index (χ3n) is 12.3. The summed E-state index contributed by atoms with van der Waals surface area (Å²) < 4.78 is 2.39. The third kappa shape index (κ3) is 5.14. The van der Waals surface area contributed by atoms with Crippen molar-refractivity contribution in [3.63, 3.8) is 0 Å². The molecule has 60 heavy (non-hydrogen) atoms. The highest BCUT2D eigenvalue weighted by atomic mass is 15.0. The van der Waals surface area contributed by atoms with Crippen molar-refractivity contribution in [1.29, 1.82) is 0 Å². The summed E-state index contributed by atoms with van der Waals surface area (Å²) in [6.07, 6.45) is 0. The Morgan fingerprint density at radius 2 is 0.900 bits per heavy atom. The number of aromatic nitrogens is 4. The van der Waals surface area contributed by atoms with Gasteiger partial charge in [0.25, 0.3) is 0 Å². The standard InChI is InChI=1S/C56H36N4/c1-5-18-38(19-6-1)53-57-54(39-20-7-2-8-21-39)59-55(58-53)40-30-33-50-47(35-40)48-36-42(31-34-51(48)60(50)43-24-11-4-12-25-43)56(41-22-9-3-10-23-41)49-28-16-15-27-45(49)46-32-29-37-17-13-14-26-44(37)52(46)56/h1-36H. The van der Waals surface area contributed by atoms with Crippen LogP contribution in [-0.4, -0.2) is 19.5 Å². The molecule has 0 spiro atoms. The van der Waals surface area contributed by atoms with E-state index in [4.69, 9.17) is 15.0 Å². The summed E-state index contributed by atoms with van der Waals surface area (Å²) in [5.74, 6) is 1.92. The van der Waals surface area contributed by atoms with Gasteiger partial charge in [-0.2, -0.15) is 0 Å². The highest BCUT2D eigenvalue weighted by Gasteiger charge is 2.47. The van der Waals surface area contributed by atoms with Crippen molar-refractivity contribution in [2.45, 2.75) is 5.41 Å². The fourth-order valence-corrected chi connectivity index (χ4v) is 9.72. The predicted molar refractivity (Wildman–Crippen MR) is 245 cm³/mol. The van der Waals surface area contributed by atoms with Crippen LogP contribution in [0, 0.1) is 0 Å². The molecular weight excluding hydrogens is 729 g/mol. The molecular formula is C56H36N4. The van der Waals surface area contributed by atoms with Gasteiger partial charge in [-0.25, -0.2) is 15.0 Å². The molecule has 0 amide bonds. The van der Waals surface area contributed by atoms with Crippen LogP contribution in [0.3, 0.4) is 0 Å². The lowest BCUT2D eigenvalue weighted by atomic mass is 9.66. The molecule has 0 aliphatic heterocycles. The molecule has 4 heteroatoms. The van der Waals surface area contributed by atoms with Gasteiger partial charge >= 0.3 is 0 Å². The van der Waals surface area contributed by atoms with E-state index in [0.29, 0.717) is 17.5 Å². The highest BCUT2D eigenvalue weighted by Crippen LogP contribution is 2.58. The second kappa shape index (κ2) is 13.6. The Labute approximate surface area is 347 Å². The largest absolute Gasteiger partial charge is 0.309 e. The fourth-order valence-electron chi connectivity index (χ4n) is 9.72. The molecule has 280 valence electrons. The molecule has 0 radical (unpaired) electrons. The zero-order chi connectivity index (χ0) is 39.6. The van der Waals surface area contributed by atoms with Gasteiger partial charge in [-0.3, -0.25) is 0 Å². The van der Waals surface area contributed by atoms with E-state index in [2.05, 4.69) is 187 Å². The summed E-state index contributed by atoms with van der Waals surface area (Å²) in [5.41, 5.74) is 13.2. The SMILES string of the molecule is c1ccc(-c2nc(-c3ccccc3)nc(-c3ccc4c(c3)c3cc(C5(c6ccccc6)c6ccccc6-c6ccc7ccccc7c65)ccc3n4-c3ccccc3)n2)cc1. The molecule has 1 unspecified atom stereocenters. The van der Waals surface area contributed by atoms with Crippen molar-refractivity contribution in [3.8, 4) is 51.0 Å². The second-order valence-corrected chi connectivity index (χ2v) is 15.5. The molecule has 1 aliphatic carbocycles. The van der Waals surface area contributed by atoms with Crippen LogP contribution in [0.5, 0.6) is 0 Å². The van der Waals surface area contributed by atoms with Crippen molar-refractivity contribution in [1.82, 2.24) is 19.5 Å². The monoisotopic (exact) mass is 764 g/mol. The quantitative estimate of drug-likeness (QED) is 0.169. The zero-order valence-corrected chi connectivity index (χ0v) is 32.6. The number of fused-ring (bicyclic) bond motifs is 8. The molecule has 1 aliphatic rings. The first-order chi connectivity index (χ1) is 29.8. The molecule has 4 nitrogen and oxygen atoms in total. The van der Waals surface area contributed by atoms with Crippen molar-refractivity contribution in [2.24, 2.45) is 0 Å². The van der Waals surface area contributed by atoms with Crippen LogP contribution < -0.4 is 0 Å². The van der Waals surface area contributed by atoms with Crippen molar-refractivity contribution >= 4 is 32.6 Å². The molecule has 2 aromatic heterocycles. The second-order valence-electron chi connectivity index (χ2n) is 15.5. The molecule has 9 aromatic carbocycles. The summed E-state index contributed by atoms with van der Waals surface area (Å²) >= 11 is 0. The van der Waals surface area contributed by atoms with E-state index in [1.165, 1.54) is 44.2 Å². The van der Waals surface area contributed by atoms with E-state index < -0.39 is 5.41 Å². The average Bonchev–Trinajstić information content (AvgIpc) is 3.83. The van der Waals surface area contributed by atoms with Gasteiger partial charge in [0.2, 0.25) is 0 Å². The van der Waals surface area contributed by atoms with E-state index >= 15 is 0 Å². The van der Waals surface area contributed by atoms with Crippen molar-refractivity contribution < 1.29 is 0 Å². The lowest BCUT2D eigenvalue weighted by Crippen LogP contribution is -2.28. The van der Waals surface area contributed by atoms with E-state index in [1.54, 1.807) is 0 Å². The van der Waals surface area contributed by atoms with Crippen molar-refractivity contribution in [2.75, 3.05) is 0 Å². The molecule has 0 saturated carbocycles. The topological polar surface area (TPSA) is 43.6 Å². The Kier molecular flexibility index (Phi) is 7.72. The van der Waals surface area contributed by atoms with Crippen LogP contribution in [0.4, 0.5) is 0 Å². The van der Waals surface area contributed by atoms with Crippen LogP contribution in [0.15, 0.2) is 218 Å². The summed E-state index contributed by atoms with van der Waals surface area (Å²) in [4.78, 5) is 15.2. The maximum Gasteiger partial charge on any atom is 0.164 e. The van der Waals surface area contributed by atoms with Crippen molar-refractivity contribution in [3.05, 3.63) is 241 Å². The van der Waals surface area contributed by atoms with Gasteiger partial charge < -0.3 is 4.57 Å². The van der Waals surface area contributed by atoms with Crippen LogP contribution in [-0.2, 0) is 5.41 Å². The normalized spacial score (nSPS) is 14.4. The van der Waals surface area contributed by atoms with Gasteiger partial charge in [-0.1, -0.05) is 176 Å². The molecule has 11 aromatic rings. The Morgan fingerprint density at radius 3 is 1.60 bits per heavy atom. The minimum absolute atomic E-state index is 0.579. The first-order valence-corrected chi connectivity index (χ1v) is 20.4. The minimum Gasteiger partial charge on any atom is -0.309 e. The molecule has 0 bridgehead atoms. The maximum atomic E-state index is 5.13. The number of benzene rings is 9.